The highest BCUT2D eigenvalue weighted by Gasteiger charge is 2.10. The lowest BCUT2D eigenvalue weighted by Gasteiger charge is -2.00. The van der Waals surface area contributed by atoms with Crippen molar-refractivity contribution >= 4 is 61.5 Å². The SMILES string of the molecule is C.Clc1csc(Br)c1Nc1nc2ccccc2[nH]1. The number of imidazole rings is 1. The van der Waals surface area contributed by atoms with Crippen LogP contribution in [0.25, 0.3) is 11.0 Å². The first-order valence-corrected chi connectivity index (χ1v) is 6.93. The Bertz CT molecular complexity index is 624. The Hall–Kier alpha value is -1.04. The first-order chi connectivity index (χ1) is 8.24. The second kappa shape index (κ2) is 5.30. The van der Waals surface area contributed by atoms with Crippen molar-refractivity contribution in [3.8, 4) is 0 Å². The maximum Gasteiger partial charge on any atom is 0.205 e. The van der Waals surface area contributed by atoms with Crippen LogP contribution in [0.15, 0.2) is 33.4 Å². The van der Waals surface area contributed by atoms with E-state index in [9.17, 15) is 0 Å². The molecular weight excluding hydrogens is 334 g/mol. The zero-order valence-electron chi connectivity index (χ0n) is 8.50. The van der Waals surface area contributed by atoms with E-state index in [-0.39, 0.29) is 7.43 Å². The molecule has 0 amide bonds. The molecule has 0 saturated carbocycles. The van der Waals surface area contributed by atoms with Crippen molar-refractivity contribution in [1.29, 1.82) is 0 Å². The molecule has 2 heterocycles. The predicted octanol–water partition coefficient (Wildman–Crippen LogP) is 5.42. The molecule has 0 unspecified atom stereocenters. The number of H-pyrrole nitrogens is 1. The molecule has 2 aromatic heterocycles. The van der Waals surface area contributed by atoms with Gasteiger partial charge in [0.1, 0.15) is 0 Å². The number of nitrogens with zero attached hydrogens (tertiary/aromatic N) is 1. The first-order valence-electron chi connectivity index (χ1n) is 4.88. The van der Waals surface area contributed by atoms with Crippen molar-refractivity contribution in [2.45, 2.75) is 7.43 Å². The fourth-order valence-electron chi connectivity index (χ4n) is 1.55. The molecule has 18 heavy (non-hydrogen) atoms. The number of anilines is 2. The Morgan fingerprint density at radius 2 is 2.11 bits per heavy atom. The van der Waals surface area contributed by atoms with Crippen LogP contribution >= 0.6 is 38.9 Å². The Kier molecular flexibility index (Phi) is 3.94. The number of para-hydroxylation sites is 2. The number of halogens is 2. The first kappa shape index (κ1) is 13.4. The van der Waals surface area contributed by atoms with Gasteiger partial charge in [0.2, 0.25) is 5.95 Å². The highest BCUT2D eigenvalue weighted by Crippen LogP contribution is 2.38. The monoisotopic (exact) mass is 343 g/mol. The van der Waals surface area contributed by atoms with Crippen molar-refractivity contribution in [3.05, 3.63) is 38.5 Å². The van der Waals surface area contributed by atoms with Crippen LogP contribution in [-0.2, 0) is 0 Å². The molecule has 0 aliphatic heterocycles. The normalized spacial score (nSPS) is 10.3. The fourth-order valence-corrected chi connectivity index (χ4v) is 3.20. The number of aromatic nitrogens is 2. The molecule has 94 valence electrons. The minimum absolute atomic E-state index is 0. The van der Waals surface area contributed by atoms with E-state index < -0.39 is 0 Å². The third-order valence-electron chi connectivity index (χ3n) is 2.33. The van der Waals surface area contributed by atoms with E-state index in [1.807, 2.05) is 29.6 Å². The van der Waals surface area contributed by atoms with Gasteiger partial charge in [-0.05, 0) is 28.1 Å². The number of rotatable bonds is 2. The van der Waals surface area contributed by atoms with Crippen LogP contribution in [0.3, 0.4) is 0 Å². The predicted molar refractivity (Wildman–Crippen MR) is 83.1 cm³/mol. The molecule has 2 N–H and O–H groups in total. The summed E-state index contributed by atoms with van der Waals surface area (Å²) < 4.78 is 0.961. The average Bonchev–Trinajstić information content (AvgIpc) is 2.87. The van der Waals surface area contributed by atoms with Gasteiger partial charge in [0.05, 0.1) is 25.5 Å². The maximum absolute atomic E-state index is 6.07. The third kappa shape index (κ3) is 2.39. The van der Waals surface area contributed by atoms with E-state index in [4.69, 9.17) is 11.6 Å². The summed E-state index contributed by atoms with van der Waals surface area (Å²) in [6.07, 6.45) is 0. The van der Waals surface area contributed by atoms with E-state index in [1.54, 1.807) is 0 Å². The number of aromatic amines is 1. The van der Waals surface area contributed by atoms with Crippen LogP contribution in [0.4, 0.5) is 11.6 Å². The van der Waals surface area contributed by atoms with Crippen LogP contribution < -0.4 is 5.32 Å². The number of fused-ring (bicyclic) bond motifs is 1. The highest BCUT2D eigenvalue weighted by atomic mass is 79.9. The van der Waals surface area contributed by atoms with E-state index in [0.29, 0.717) is 11.0 Å². The standard InChI is InChI=1S/C11H7BrClN3S.CH4/c12-10-9(6(13)5-17-10)16-11-14-7-3-1-2-4-8(7)15-11;/h1-5H,(H2,14,15,16);1H4. The zero-order valence-corrected chi connectivity index (χ0v) is 11.7. The molecule has 3 nitrogen and oxygen atoms in total. The number of nitrogens with one attached hydrogen (secondary N) is 2. The number of hydrogen-bond acceptors (Lipinski definition) is 3. The topological polar surface area (TPSA) is 40.7 Å². The highest BCUT2D eigenvalue weighted by molar-refractivity contribution is 9.11. The van der Waals surface area contributed by atoms with Crippen molar-refractivity contribution in [2.75, 3.05) is 5.32 Å². The molecule has 1 aromatic carbocycles. The van der Waals surface area contributed by atoms with E-state index in [1.165, 1.54) is 11.3 Å². The van der Waals surface area contributed by atoms with Gasteiger partial charge in [-0.15, -0.1) is 11.3 Å². The lowest BCUT2D eigenvalue weighted by molar-refractivity contribution is 1.31. The van der Waals surface area contributed by atoms with Gasteiger partial charge in [-0.25, -0.2) is 4.98 Å². The van der Waals surface area contributed by atoms with E-state index in [0.717, 1.165) is 20.5 Å². The lowest BCUT2D eigenvalue weighted by atomic mass is 10.3. The summed E-state index contributed by atoms with van der Waals surface area (Å²) in [7, 11) is 0. The van der Waals surface area contributed by atoms with Gasteiger partial charge >= 0.3 is 0 Å². The number of thiophene rings is 1. The number of benzene rings is 1. The molecule has 0 fully saturated rings. The summed E-state index contributed by atoms with van der Waals surface area (Å²) >= 11 is 11.1. The molecule has 0 atom stereocenters. The minimum atomic E-state index is 0. The summed E-state index contributed by atoms with van der Waals surface area (Å²) in [4.78, 5) is 7.62. The molecular formula is C12H11BrClN3S. The Morgan fingerprint density at radius 3 is 2.78 bits per heavy atom. The number of hydrogen-bond donors (Lipinski definition) is 2. The maximum atomic E-state index is 6.07. The van der Waals surface area contributed by atoms with Gasteiger partial charge in [0.15, 0.2) is 0 Å². The van der Waals surface area contributed by atoms with Gasteiger partial charge < -0.3 is 10.3 Å². The van der Waals surface area contributed by atoms with Gasteiger partial charge in [0.25, 0.3) is 0 Å². The summed E-state index contributed by atoms with van der Waals surface area (Å²) in [5.41, 5.74) is 2.77. The Balaban J connectivity index is 0.00000120. The van der Waals surface area contributed by atoms with E-state index in [2.05, 4.69) is 31.2 Å². The summed E-state index contributed by atoms with van der Waals surface area (Å²) in [5, 5.41) is 5.73. The zero-order chi connectivity index (χ0) is 11.8. The van der Waals surface area contributed by atoms with Gasteiger partial charge in [-0.2, -0.15) is 0 Å². The van der Waals surface area contributed by atoms with Crippen molar-refractivity contribution in [2.24, 2.45) is 0 Å². The third-order valence-corrected chi connectivity index (χ3v) is 4.48. The van der Waals surface area contributed by atoms with Crippen LogP contribution in [0, 0.1) is 0 Å². The summed E-state index contributed by atoms with van der Waals surface area (Å²) in [5.74, 6) is 0.687. The molecule has 6 heteroatoms. The van der Waals surface area contributed by atoms with Gasteiger partial charge in [0, 0.05) is 5.38 Å². The quantitative estimate of drug-likeness (QED) is 0.651. The summed E-state index contributed by atoms with van der Waals surface area (Å²) in [6, 6.07) is 7.87. The average molecular weight is 345 g/mol. The van der Waals surface area contributed by atoms with Gasteiger partial charge in [-0.1, -0.05) is 31.2 Å². The molecule has 0 saturated heterocycles. The van der Waals surface area contributed by atoms with Crippen molar-refractivity contribution in [1.82, 2.24) is 9.97 Å². The molecule has 0 bridgehead atoms. The molecule has 3 aromatic rings. The molecule has 0 spiro atoms. The molecule has 0 radical (unpaired) electrons. The van der Waals surface area contributed by atoms with E-state index >= 15 is 0 Å². The van der Waals surface area contributed by atoms with Crippen molar-refractivity contribution in [3.63, 3.8) is 0 Å². The molecule has 0 aliphatic carbocycles. The lowest BCUT2D eigenvalue weighted by Crippen LogP contribution is -1.91. The Labute approximate surface area is 122 Å². The van der Waals surface area contributed by atoms with Crippen LogP contribution in [-0.4, -0.2) is 9.97 Å². The summed E-state index contributed by atoms with van der Waals surface area (Å²) in [6.45, 7) is 0. The largest absolute Gasteiger partial charge is 0.324 e. The van der Waals surface area contributed by atoms with Crippen molar-refractivity contribution < 1.29 is 0 Å². The second-order valence-corrected chi connectivity index (χ2v) is 6.06. The molecule has 3 rings (SSSR count). The minimum Gasteiger partial charge on any atom is -0.324 e. The fraction of sp³-hybridized carbons (Fsp3) is 0.0833. The Morgan fingerprint density at radius 1 is 1.33 bits per heavy atom. The second-order valence-electron chi connectivity index (χ2n) is 3.46. The smallest absolute Gasteiger partial charge is 0.205 e. The van der Waals surface area contributed by atoms with Crippen LogP contribution in [0.2, 0.25) is 5.02 Å². The van der Waals surface area contributed by atoms with Crippen LogP contribution in [0.1, 0.15) is 7.43 Å². The van der Waals surface area contributed by atoms with Gasteiger partial charge in [-0.3, -0.25) is 0 Å². The van der Waals surface area contributed by atoms with Crippen LogP contribution in [0.5, 0.6) is 0 Å². The molecule has 0 aliphatic rings.